The SMILES string of the molecule is Cc1nc(COc2ccc(C(=O)NCCCN(C)CC(F)(F)F)cc2)no1. The number of nitrogens with one attached hydrogen (secondary N) is 1. The maximum atomic E-state index is 12.2. The summed E-state index contributed by atoms with van der Waals surface area (Å²) in [5, 5.41) is 6.39. The maximum absolute atomic E-state index is 12.2. The van der Waals surface area contributed by atoms with Crippen LogP contribution in [0.3, 0.4) is 0 Å². The molecule has 0 saturated heterocycles. The van der Waals surface area contributed by atoms with Gasteiger partial charge in [-0.2, -0.15) is 18.2 Å². The molecule has 148 valence electrons. The first-order chi connectivity index (χ1) is 12.7. The highest BCUT2D eigenvalue weighted by Gasteiger charge is 2.28. The average Bonchev–Trinajstić information content (AvgIpc) is 3.01. The summed E-state index contributed by atoms with van der Waals surface area (Å²) >= 11 is 0. The number of benzene rings is 1. The first-order valence-corrected chi connectivity index (χ1v) is 8.28. The van der Waals surface area contributed by atoms with Gasteiger partial charge in [-0.25, -0.2) is 0 Å². The number of aryl methyl sites for hydroxylation is 1. The zero-order valence-electron chi connectivity index (χ0n) is 15.0. The highest BCUT2D eigenvalue weighted by molar-refractivity contribution is 5.94. The van der Waals surface area contributed by atoms with Crippen LogP contribution in [0.2, 0.25) is 0 Å². The highest BCUT2D eigenvalue weighted by Crippen LogP contribution is 2.15. The van der Waals surface area contributed by atoms with E-state index in [1.165, 1.54) is 11.9 Å². The van der Waals surface area contributed by atoms with Gasteiger partial charge in [0, 0.05) is 19.0 Å². The van der Waals surface area contributed by atoms with Crippen molar-refractivity contribution in [3.05, 3.63) is 41.5 Å². The summed E-state index contributed by atoms with van der Waals surface area (Å²) in [5.74, 6) is 1.12. The molecule has 1 N–H and O–H groups in total. The van der Waals surface area contributed by atoms with E-state index in [9.17, 15) is 18.0 Å². The van der Waals surface area contributed by atoms with Gasteiger partial charge in [0.15, 0.2) is 6.61 Å². The van der Waals surface area contributed by atoms with E-state index < -0.39 is 12.7 Å². The van der Waals surface area contributed by atoms with E-state index in [2.05, 4.69) is 15.5 Å². The molecule has 0 radical (unpaired) electrons. The third-order valence-electron chi connectivity index (χ3n) is 3.51. The van der Waals surface area contributed by atoms with Crippen molar-refractivity contribution < 1.29 is 27.2 Å². The minimum Gasteiger partial charge on any atom is -0.485 e. The number of alkyl halides is 3. The zero-order chi connectivity index (χ0) is 19.9. The molecule has 0 spiro atoms. The van der Waals surface area contributed by atoms with Crippen LogP contribution < -0.4 is 10.1 Å². The fraction of sp³-hybridized carbons (Fsp3) is 0.471. The number of ether oxygens (including phenoxy) is 1. The second-order valence-corrected chi connectivity index (χ2v) is 6.01. The van der Waals surface area contributed by atoms with Gasteiger partial charge in [-0.15, -0.1) is 0 Å². The van der Waals surface area contributed by atoms with Gasteiger partial charge in [-0.05, 0) is 44.3 Å². The van der Waals surface area contributed by atoms with Crippen molar-refractivity contribution in [3.8, 4) is 5.75 Å². The summed E-state index contributed by atoms with van der Waals surface area (Å²) in [6.45, 7) is 1.39. The van der Waals surface area contributed by atoms with E-state index in [0.717, 1.165) is 0 Å². The molecule has 10 heteroatoms. The fourth-order valence-electron chi connectivity index (χ4n) is 2.29. The van der Waals surface area contributed by atoms with Gasteiger partial charge in [0.25, 0.3) is 5.91 Å². The third kappa shape index (κ3) is 7.65. The minimum absolute atomic E-state index is 0.147. The molecule has 0 aliphatic heterocycles. The van der Waals surface area contributed by atoms with Crippen molar-refractivity contribution in [2.45, 2.75) is 26.1 Å². The van der Waals surface area contributed by atoms with Crippen LogP contribution in [-0.4, -0.2) is 53.8 Å². The number of rotatable bonds is 9. The molecule has 1 aromatic carbocycles. The van der Waals surface area contributed by atoms with Crippen LogP contribution in [0.4, 0.5) is 13.2 Å². The van der Waals surface area contributed by atoms with Crippen molar-refractivity contribution in [2.75, 3.05) is 26.7 Å². The smallest absolute Gasteiger partial charge is 0.401 e. The second-order valence-electron chi connectivity index (χ2n) is 6.01. The summed E-state index contributed by atoms with van der Waals surface area (Å²) in [4.78, 5) is 17.2. The van der Waals surface area contributed by atoms with Crippen molar-refractivity contribution in [3.63, 3.8) is 0 Å². The van der Waals surface area contributed by atoms with Crippen molar-refractivity contribution in [1.82, 2.24) is 20.4 Å². The van der Waals surface area contributed by atoms with E-state index >= 15 is 0 Å². The molecule has 2 rings (SSSR count). The summed E-state index contributed by atoms with van der Waals surface area (Å²) in [6.07, 6.45) is -3.80. The highest BCUT2D eigenvalue weighted by atomic mass is 19.4. The Labute approximate surface area is 154 Å². The summed E-state index contributed by atoms with van der Waals surface area (Å²) < 4.78 is 47.0. The van der Waals surface area contributed by atoms with E-state index in [1.54, 1.807) is 31.2 Å². The minimum atomic E-state index is -4.22. The third-order valence-corrected chi connectivity index (χ3v) is 3.51. The van der Waals surface area contributed by atoms with Crippen LogP contribution in [0.5, 0.6) is 5.75 Å². The molecule has 0 aliphatic carbocycles. The lowest BCUT2D eigenvalue weighted by Crippen LogP contribution is -2.33. The Morgan fingerprint density at radius 1 is 1.30 bits per heavy atom. The van der Waals surface area contributed by atoms with Gasteiger partial charge in [0.2, 0.25) is 11.7 Å². The Morgan fingerprint density at radius 2 is 2.00 bits per heavy atom. The maximum Gasteiger partial charge on any atom is 0.401 e. The molecule has 0 atom stereocenters. The topological polar surface area (TPSA) is 80.5 Å². The summed E-state index contributed by atoms with van der Waals surface area (Å²) in [6, 6.07) is 6.47. The van der Waals surface area contributed by atoms with Gasteiger partial charge < -0.3 is 14.6 Å². The zero-order valence-corrected chi connectivity index (χ0v) is 15.0. The number of hydrogen-bond donors (Lipinski definition) is 1. The monoisotopic (exact) mass is 386 g/mol. The second kappa shape index (κ2) is 9.36. The Hall–Kier alpha value is -2.62. The molecular weight excluding hydrogens is 365 g/mol. The number of amides is 1. The molecule has 2 aromatic rings. The largest absolute Gasteiger partial charge is 0.485 e. The fourth-order valence-corrected chi connectivity index (χ4v) is 2.29. The van der Waals surface area contributed by atoms with Gasteiger partial charge in [0.05, 0.1) is 6.54 Å². The molecule has 0 aliphatic rings. The van der Waals surface area contributed by atoms with Crippen molar-refractivity contribution >= 4 is 5.91 Å². The molecule has 0 fully saturated rings. The first-order valence-electron chi connectivity index (χ1n) is 8.28. The number of aromatic nitrogens is 2. The quantitative estimate of drug-likeness (QED) is 0.668. The van der Waals surface area contributed by atoms with Crippen LogP contribution in [0.1, 0.15) is 28.5 Å². The van der Waals surface area contributed by atoms with Crippen LogP contribution in [0, 0.1) is 6.92 Å². The lowest BCUT2D eigenvalue weighted by atomic mass is 10.2. The van der Waals surface area contributed by atoms with Gasteiger partial charge in [0.1, 0.15) is 5.75 Å². The standard InChI is InChI=1S/C17H21F3N4O3/c1-12-22-15(23-27-12)10-26-14-6-4-13(5-7-14)16(25)21-8-3-9-24(2)11-17(18,19)20/h4-7H,3,8-11H2,1-2H3,(H,21,25). The van der Waals surface area contributed by atoms with Crippen molar-refractivity contribution in [1.29, 1.82) is 0 Å². The first kappa shape index (κ1) is 20.7. The molecule has 0 saturated carbocycles. The number of nitrogens with zero attached hydrogens (tertiary/aromatic N) is 3. The van der Waals surface area contributed by atoms with E-state index in [0.29, 0.717) is 29.4 Å². The molecule has 1 aromatic heterocycles. The van der Waals surface area contributed by atoms with Crippen molar-refractivity contribution in [2.24, 2.45) is 0 Å². The van der Waals surface area contributed by atoms with Gasteiger partial charge >= 0.3 is 6.18 Å². The van der Waals surface area contributed by atoms with Gasteiger partial charge in [-0.3, -0.25) is 9.69 Å². The van der Waals surface area contributed by atoms with Crippen LogP contribution >= 0.6 is 0 Å². The predicted octanol–water partition coefficient (Wildman–Crippen LogP) is 2.57. The van der Waals surface area contributed by atoms with Crippen LogP contribution in [-0.2, 0) is 6.61 Å². The molecule has 27 heavy (non-hydrogen) atoms. The molecule has 1 amide bonds. The normalized spacial score (nSPS) is 11.6. The van der Waals surface area contributed by atoms with E-state index in [-0.39, 0.29) is 25.6 Å². The van der Waals surface area contributed by atoms with E-state index in [4.69, 9.17) is 9.26 Å². The molecule has 0 unspecified atom stereocenters. The average molecular weight is 386 g/mol. The number of carbonyl (C=O) groups is 1. The molecule has 0 bridgehead atoms. The molecule has 1 heterocycles. The Morgan fingerprint density at radius 3 is 2.59 bits per heavy atom. The molecule has 7 nitrogen and oxygen atoms in total. The summed E-state index contributed by atoms with van der Waals surface area (Å²) in [7, 11) is 1.39. The Bertz CT molecular complexity index is 732. The lowest BCUT2D eigenvalue weighted by molar-refractivity contribution is -0.143. The Balaban J connectivity index is 1.70. The predicted molar refractivity (Wildman–Crippen MR) is 90.3 cm³/mol. The lowest BCUT2D eigenvalue weighted by Gasteiger charge is -2.18. The van der Waals surface area contributed by atoms with Crippen LogP contribution in [0.15, 0.2) is 28.8 Å². The van der Waals surface area contributed by atoms with E-state index in [1.807, 2.05) is 0 Å². The number of halogens is 3. The summed E-state index contributed by atoms with van der Waals surface area (Å²) in [5.41, 5.74) is 0.432. The Kier molecular flexibility index (Phi) is 7.17. The number of carbonyl (C=O) groups excluding carboxylic acids is 1. The number of hydrogen-bond acceptors (Lipinski definition) is 6. The molecular formula is C17H21F3N4O3. The van der Waals surface area contributed by atoms with Gasteiger partial charge in [-0.1, -0.05) is 5.16 Å². The van der Waals surface area contributed by atoms with Crippen LogP contribution in [0.25, 0.3) is 0 Å².